The maximum absolute atomic E-state index is 10.6. The predicted molar refractivity (Wildman–Crippen MR) is 94.8 cm³/mol. The Balaban J connectivity index is 1.70. The average molecular weight is 333 g/mol. The Morgan fingerprint density at radius 3 is 2.72 bits per heavy atom. The monoisotopic (exact) mass is 333 g/mol. The number of rotatable bonds is 4. The van der Waals surface area contributed by atoms with Crippen molar-refractivity contribution in [3.8, 4) is 17.2 Å². The molecule has 0 saturated carbocycles. The number of carbonyl (C=O) groups is 1. The molecule has 0 amide bonds. The van der Waals surface area contributed by atoms with E-state index in [0.717, 1.165) is 33.0 Å². The molecule has 0 fully saturated rings. The highest BCUT2D eigenvalue weighted by Crippen LogP contribution is 2.29. The van der Waals surface area contributed by atoms with Gasteiger partial charge in [0.05, 0.1) is 0 Å². The van der Waals surface area contributed by atoms with Crippen molar-refractivity contribution >= 4 is 27.8 Å². The molecule has 5 nitrogen and oxygen atoms in total. The lowest BCUT2D eigenvalue weighted by Gasteiger charge is -2.05. The standard InChI is InChI=1S/C20H15NO4/c1-12-2-7-17-18(8-12)25-20(21-17)15-4-3-14-10-16(24-11-19(22)23)6-5-13(14)9-15/h2-10H,11H2,1H3,(H,22,23). The van der Waals surface area contributed by atoms with E-state index in [1.165, 1.54) is 0 Å². The van der Waals surface area contributed by atoms with E-state index in [9.17, 15) is 4.79 Å². The quantitative estimate of drug-likeness (QED) is 0.598. The van der Waals surface area contributed by atoms with Crippen molar-refractivity contribution in [1.82, 2.24) is 4.98 Å². The zero-order chi connectivity index (χ0) is 17.4. The van der Waals surface area contributed by atoms with E-state index >= 15 is 0 Å². The summed E-state index contributed by atoms with van der Waals surface area (Å²) >= 11 is 0. The zero-order valence-electron chi connectivity index (χ0n) is 13.5. The molecule has 0 unspecified atom stereocenters. The van der Waals surface area contributed by atoms with Crippen LogP contribution < -0.4 is 4.74 Å². The van der Waals surface area contributed by atoms with Crippen molar-refractivity contribution in [1.29, 1.82) is 0 Å². The molecule has 3 aromatic carbocycles. The van der Waals surface area contributed by atoms with Crippen LogP contribution in [0.15, 0.2) is 59.0 Å². The van der Waals surface area contributed by atoms with Crippen LogP contribution in [0.2, 0.25) is 0 Å². The normalized spacial score (nSPS) is 11.1. The summed E-state index contributed by atoms with van der Waals surface area (Å²) in [5.41, 5.74) is 3.62. The van der Waals surface area contributed by atoms with Gasteiger partial charge < -0.3 is 14.3 Å². The van der Waals surface area contributed by atoms with Crippen LogP contribution >= 0.6 is 0 Å². The molecule has 1 N–H and O–H groups in total. The van der Waals surface area contributed by atoms with E-state index in [1.54, 1.807) is 6.07 Å². The van der Waals surface area contributed by atoms with Crippen molar-refractivity contribution in [2.75, 3.05) is 6.61 Å². The first-order valence-electron chi connectivity index (χ1n) is 7.84. The molecule has 0 aliphatic rings. The molecule has 1 aromatic heterocycles. The van der Waals surface area contributed by atoms with Crippen LogP contribution in [0.1, 0.15) is 5.56 Å². The van der Waals surface area contributed by atoms with Gasteiger partial charge in [0.1, 0.15) is 11.3 Å². The average Bonchev–Trinajstić information content (AvgIpc) is 3.02. The van der Waals surface area contributed by atoms with E-state index in [2.05, 4.69) is 4.98 Å². The van der Waals surface area contributed by atoms with Crippen molar-refractivity contribution < 1.29 is 19.1 Å². The zero-order valence-corrected chi connectivity index (χ0v) is 13.5. The van der Waals surface area contributed by atoms with E-state index in [-0.39, 0.29) is 6.61 Å². The minimum atomic E-state index is -0.998. The molecule has 25 heavy (non-hydrogen) atoms. The molecular formula is C20H15NO4. The van der Waals surface area contributed by atoms with E-state index in [1.807, 2.05) is 55.5 Å². The number of benzene rings is 3. The van der Waals surface area contributed by atoms with Crippen LogP contribution in [0.25, 0.3) is 33.3 Å². The van der Waals surface area contributed by atoms with Crippen LogP contribution in [0.3, 0.4) is 0 Å². The van der Waals surface area contributed by atoms with Crippen LogP contribution in [-0.4, -0.2) is 22.7 Å². The topological polar surface area (TPSA) is 72.6 Å². The van der Waals surface area contributed by atoms with Gasteiger partial charge in [-0.15, -0.1) is 0 Å². The van der Waals surface area contributed by atoms with Crippen molar-refractivity contribution in [3.63, 3.8) is 0 Å². The number of hydrogen-bond donors (Lipinski definition) is 1. The third-order valence-electron chi connectivity index (χ3n) is 3.96. The molecule has 0 spiro atoms. The number of carboxylic acid groups (broad SMARTS) is 1. The molecule has 5 heteroatoms. The molecule has 0 radical (unpaired) electrons. The SMILES string of the molecule is Cc1ccc2nc(-c3ccc4cc(OCC(=O)O)ccc4c3)oc2c1. The van der Waals surface area contributed by atoms with Gasteiger partial charge in [0.2, 0.25) is 5.89 Å². The van der Waals surface area contributed by atoms with E-state index in [0.29, 0.717) is 11.6 Å². The number of hydrogen-bond acceptors (Lipinski definition) is 4. The summed E-state index contributed by atoms with van der Waals surface area (Å²) in [6, 6.07) is 17.3. The predicted octanol–water partition coefficient (Wildman–Crippen LogP) is 4.42. The van der Waals surface area contributed by atoms with Crippen molar-refractivity contribution in [2.45, 2.75) is 6.92 Å². The maximum atomic E-state index is 10.6. The van der Waals surface area contributed by atoms with Crippen LogP contribution in [-0.2, 0) is 4.79 Å². The number of carboxylic acids is 1. The number of aromatic nitrogens is 1. The van der Waals surface area contributed by atoms with Gasteiger partial charge >= 0.3 is 5.97 Å². The summed E-state index contributed by atoms with van der Waals surface area (Å²) in [4.78, 5) is 15.1. The Labute approximate surface area is 143 Å². The minimum Gasteiger partial charge on any atom is -0.482 e. The van der Waals surface area contributed by atoms with Crippen LogP contribution in [0.4, 0.5) is 0 Å². The number of ether oxygens (including phenoxy) is 1. The van der Waals surface area contributed by atoms with Gasteiger partial charge in [0.15, 0.2) is 12.2 Å². The minimum absolute atomic E-state index is 0.355. The largest absolute Gasteiger partial charge is 0.482 e. The molecule has 4 aromatic rings. The summed E-state index contributed by atoms with van der Waals surface area (Å²) < 4.78 is 11.1. The Morgan fingerprint density at radius 1 is 1.08 bits per heavy atom. The molecule has 0 aliphatic heterocycles. The van der Waals surface area contributed by atoms with Crippen LogP contribution in [0.5, 0.6) is 5.75 Å². The van der Waals surface area contributed by atoms with Gasteiger partial charge in [-0.25, -0.2) is 9.78 Å². The molecule has 0 atom stereocenters. The van der Waals surface area contributed by atoms with Gasteiger partial charge in [0, 0.05) is 5.56 Å². The Kier molecular flexibility index (Phi) is 3.61. The smallest absolute Gasteiger partial charge is 0.341 e. The number of oxazole rings is 1. The molecule has 0 saturated heterocycles. The Bertz CT molecular complexity index is 1100. The van der Waals surface area contributed by atoms with E-state index < -0.39 is 5.97 Å². The lowest BCUT2D eigenvalue weighted by molar-refractivity contribution is -0.139. The number of aryl methyl sites for hydroxylation is 1. The number of aliphatic carboxylic acids is 1. The summed E-state index contributed by atoms with van der Waals surface area (Å²) in [6.45, 7) is 1.66. The summed E-state index contributed by atoms with van der Waals surface area (Å²) in [5, 5.41) is 10.6. The fourth-order valence-corrected chi connectivity index (χ4v) is 2.75. The molecule has 0 aliphatic carbocycles. The Hall–Kier alpha value is -3.34. The summed E-state index contributed by atoms with van der Waals surface area (Å²) in [7, 11) is 0. The molecular weight excluding hydrogens is 318 g/mol. The highest BCUT2D eigenvalue weighted by molar-refractivity contribution is 5.88. The van der Waals surface area contributed by atoms with Gasteiger partial charge in [-0.05, 0) is 59.7 Å². The fraction of sp³-hybridized carbons (Fsp3) is 0.100. The van der Waals surface area contributed by atoms with Crippen molar-refractivity contribution in [2.24, 2.45) is 0 Å². The Morgan fingerprint density at radius 2 is 1.88 bits per heavy atom. The third kappa shape index (κ3) is 3.04. The molecule has 4 rings (SSSR count). The van der Waals surface area contributed by atoms with Gasteiger partial charge in [-0.3, -0.25) is 0 Å². The molecule has 0 bridgehead atoms. The summed E-state index contributed by atoms with van der Waals surface area (Å²) in [5.74, 6) is 0.107. The lowest BCUT2D eigenvalue weighted by atomic mass is 10.1. The van der Waals surface area contributed by atoms with Crippen molar-refractivity contribution in [3.05, 3.63) is 60.2 Å². The first-order chi connectivity index (χ1) is 12.1. The highest BCUT2D eigenvalue weighted by atomic mass is 16.5. The lowest BCUT2D eigenvalue weighted by Crippen LogP contribution is -2.09. The van der Waals surface area contributed by atoms with E-state index in [4.69, 9.17) is 14.3 Å². The third-order valence-corrected chi connectivity index (χ3v) is 3.96. The second kappa shape index (κ2) is 5.94. The maximum Gasteiger partial charge on any atom is 0.341 e. The van der Waals surface area contributed by atoms with Gasteiger partial charge in [-0.2, -0.15) is 0 Å². The number of nitrogens with zero attached hydrogens (tertiary/aromatic N) is 1. The molecule has 1 heterocycles. The van der Waals surface area contributed by atoms with Gasteiger partial charge in [0.25, 0.3) is 0 Å². The first-order valence-corrected chi connectivity index (χ1v) is 7.84. The van der Waals surface area contributed by atoms with Crippen LogP contribution in [0, 0.1) is 6.92 Å². The number of fused-ring (bicyclic) bond motifs is 2. The fourth-order valence-electron chi connectivity index (χ4n) is 2.75. The van der Waals surface area contributed by atoms with Gasteiger partial charge in [-0.1, -0.05) is 18.2 Å². The second-order valence-electron chi connectivity index (χ2n) is 5.90. The highest BCUT2D eigenvalue weighted by Gasteiger charge is 2.09. The first kappa shape index (κ1) is 15.2. The summed E-state index contributed by atoms with van der Waals surface area (Å²) in [6.07, 6.45) is 0. The molecule has 124 valence electrons. The second-order valence-corrected chi connectivity index (χ2v) is 5.90.